The summed E-state index contributed by atoms with van der Waals surface area (Å²) in [5.41, 5.74) is 0. The summed E-state index contributed by atoms with van der Waals surface area (Å²) in [5, 5.41) is 0. The van der Waals surface area contributed by atoms with Crippen molar-refractivity contribution in [1.82, 2.24) is 9.21 Å². The standard InChI is InChI=1S/C22H26F2N2O3S/c23-17-5-7-20(8-6-17)30(27,28)26-15-9-18(10-16-26)25-13-11-19(12-14-25)29-22-4-2-1-3-21(22)24/h1-8,18-19H,9-16H2. The molecule has 4 rings (SSSR count). The minimum Gasteiger partial charge on any atom is -0.487 e. The molecule has 2 aromatic rings. The molecule has 0 spiro atoms. The van der Waals surface area contributed by atoms with E-state index in [1.165, 1.54) is 34.6 Å². The summed E-state index contributed by atoms with van der Waals surface area (Å²) in [7, 11) is -3.59. The lowest BCUT2D eigenvalue weighted by atomic mass is 10.00. The van der Waals surface area contributed by atoms with Crippen LogP contribution in [0.5, 0.6) is 5.75 Å². The van der Waals surface area contributed by atoms with Crippen LogP contribution >= 0.6 is 0 Å². The van der Waals surface area contributed by atoms with Gasteiger partial charge in [-0.25, -0.2) is 17.2 Å². The van der Waals surface area contributed by atoms with Crippen LogP contribution in [-0.4, -0.2) is 55.9 Å². The second-order valence-corrected chi connectivity index (χ2v) is 9.81. The monoisotopic (exact) mass is 436 g/mol. The van der Waals surface area contributed by atoms with Crippen molar-refractivity contribution in [3.63, 3.8) is 0 Å². The van der Waals surface area contributed by atoms with Gasteiger partial charge in [-0.05, 0) is 62.1 Å². The molecule has 0 saturated carbocycles. The van der Waals surface area contributed by atoms with Crippen LogP contribution < -0.4 is 4.74 Å². The van der Waals surface area contributed by atoms with Crippen molar-refractivity contribution in [2.24, 2.45) is 0 Å². The first kappa shape index (κ1) is 21.2. The number of hydrogen-bond donors (Lipinski definition) is 0. The Morgan fingerprint density at radius 3 is 2.10 bits per heavy atom. The molecular weight excluding hydrogens is 410 g/mol. The zero-order valence-corrected chi connectivity index (χ0v) is 17.5. The number of likely N-dealkylation sites (tertiary alicyclic amines) is 1. The summed E-state index contributed by atoms with van der Waals surface area (Å²) in [6, 6.07) is 11.8. The van der Waals surface area contributed by atoms with Gasteiger partial charge in [0.25, 0.3) is 0 Å². The molecule has 2 aliphatic rings. The van der Waals surface area contributed by atoms with Crippen LogP contribution in [0.15, 0.2) is 53.4 Å². The van der Waals surface area contributed by atoms with E-state index in [9.17, 15) is 17.2 Å². The highest BCUT2D eigenvalue weighted by Crippen LogP contribution is 2.27. The number of rotatable bonds is 5. The topological polar surface area (TPSA) is 49.9 Å². The summed E-state index contributed by atoms with van der Waals surface area (Å²) in [6.07, 6.45) is 3.17. The van der Waals surface area contributed by atoms with E-state index < -0.39 is 15.8 Å². The molecular formula is C22H26F2N2O3S. The second-order valence-electron chi connectivity index (χ2n) is 7.87. The number of benzene rings is 2. The van der Waals surface area contributed by atoms with Gasteiger partial charge in [0.2, 0.25) is 10.0 Å². The second kappa shape index (κ2) is 8.99. The van der Waals surface area contributed by atoms with Gasteiger partial charge in [0, 0.05) is 32.2 Å². The fraction of sp³-hybridized carbons (Fsp3) is 0.455. The van der Waals surface area contributed by atoms with Crippen LogP contribution in [0.1, 0.15) is 25.7 Å². The summed E-state index contributed by atoms with van der Waals surface area (Å²) in [5.74, 6) is -0.486. The largest absolute Gasteiger partial charge is 0.487 e. The number of nitrogens with zero attached hydrogens (tertiary/aromatic N) is 2. The zero-order valence-electron chi connectivity index (χ0n) is 16.7. The molecule has 2 aliphatic heterocycles. The van der Waals surface area contributed by atoms with Crippen molar-refractivity contribution >= 4 is 10.0 Å². The van der Waals surface area contributed by atoms with Gasteiger partial charge >= 0.3 is 0 Å². The lowest BCUT2D eigenvalue weighted by Gasteiger charge is -2.41. The van der Waals surface area contributed by atoms with Crippen molar-refractivity contribution in [2.75, 3.05) is 26.2 Å². The Morgan fingerprint density at radius 1 is 0.833 bits per heavy atom. The van der Waals surface area contributed by atoms with Gasteiger partial charge in [-0.2, -0.15) is 4.31 Å². The number of sulfonamides is 1. The van der Waals surface area contributed by atoms with Crippen LogP contribution in [0.4, 0.5) is 8.78 Å². The van der Waals surface area contributed by atoms with Crippen LogP contribution in [0.3, 0.4) is 0 Å². The number of ether oxygens (including phenoxy) is 1. The molecule has 0 atom stereocenters. The van der Waals surface area contributed by atoms with E-state index >= 15 is 0 Å². The first-order valence-corrected chi connectivity index (χ1v) is 11.8. The number of piperidine rings is 2. The van der Waals surface area contributed by atoms with Gasteiger partial charge in [0.1, 0.15) is 11.9 Å². The number of halogens is 2. The Bertz CT molecular complexity index is 953. The third-order valence-electron chi connectivity index (χ3n) is 6.00. The summed E-state index contributed by atoms with van der Waals surface area (Å²) in [4.78, 5) is 2.52. The lowest BCUT2D eigenvalue weighted by Crippen LogP contribution is -2.50. The highest BCUT2D eigenvalue weighted by atomic mass is 32.2. The third-order valence-corrected chi connectivity index (χ3v) is 7.91. The van der Waals surface area contributed by atoms with Gasteiger partial charge in [-0.15, -0.1) is 0 Å². The quantitative estimate of drug-likeness (QED) is 0.718. The molecule has 0 aliphatic carbocycles. The van der Waals surface area contributed by atoms with Crippen molar-refractivity contribution in [3.8, 4) is 5.75 Å². The van der Waals surface area contributed by atoms with Crippen molar-refractivity contribution in [1.29, 1.82) is 0 Å². The molecule has 2 aromatic carbocycles. The van der Waals surface area contributed by atoms with E-state index in [0.717, 1.165) is 38.8 Å². The minimum absolute atomic E-state index is 0.00269. The van der Waals surface area contributed by atoms with Crippen molar-refractivity contribution < 1.29 is 21.9 Å². The SMILES string of the molecule is O=S(=O)(c1ccc(F)cc1)N1CCC(N2CCC(Oc3ccccc3F)CC2)CC1. The summed E-state index contributed by atoms with van der Waals surface area (Å²) in [6.45, 7) is 2.62. The molecule has 8 heteroatoms. The number of hydrogen-bond acceptors (Lipinski definition) is 4. The minimum atomic E-state index is -3.59. The highest BCUT2D eigenvalue weighted by Gasteiger charge is 2.33. The molecule has 0 aromatic heterocycles. The van der Waals surface area contributed by atoms with E-state index in [-0.39, 0.29) is 16.8 Å². The van der Waals surface area contributed by atoms with Crippen molar-refractivity contribution in [3.05, 3.63) is 60.2 Å². The average molecular weight is 437 g/mol. The third kappa shape index (κ3) is 4.66. The van der Waals surface area contributed by atoms with Gasteiger partial charge in [-0.1, -0.05) is 12.1 Å². The Morgan fingerprint density at radius 2 is 1.47 bits per heavy atom. The van der Waals surface area contributed by atoms with E-state index in [1.54, 1.807) is 18.2 Å². The fourth-order valence-corrected chi connectivity index (χ4v) is 5.75. The molecule has 5 nitrogen and oxygen atoms in total. The Balaban J connectivity index is 1.28. The van der Waals surface area contributed by atoms with Gasteiger partial charge in [0.15, 0.2) is 11.6 Å². The molecule has 162 valence electrons. The maximum absolute atomic E-state index is 13.8. The lowest BCUT2D eigenvalue weighted by molar-refractivity contribution is 0.0568. The fourth-order valence-electron chi connectivity index (χ4n) is 4.28. The van der Waals surface area contributed by atoms with E-state index in [0.29, 0.717) is 24.9 Å². The average Bonchev–Trinajstić information content (AvgIpc) is 2.76. The van der Waals surface area contributed by atoms with Gasteiger partial charge < -0.3 is 9.64 Å². The molecule has 0 bridgehead atoms. The van der Waals surface area contributed by atoms with E-state index in [1.807, 2.05) is 0 Å². The predicted octanol–water partition coefficient (Wildman–Crippen LogP) is 3.66. The normalized spacial score (nSPS) is 20.3. The predicted molar refractivity (Wildman–Crippen MR) is 110 cm³/mol. The summed E-state index contributed by atoms with van der Waals surface area (Å²) >= 11 is 0. The number of para-hydroxylation sites is 1. The molecule has 2 fully saturated rings. The van der Waals surface area contributed by atoms with E-state index in [4.69, 9.17) is 4.74 Å². The molecule has 0 radical (unpaired) electrons. The van der Waals surface area contributed by atoms with Crippen LogP contribution in [0.25, 0.3) is 0 Å². The van der Waals surface area contributed by atoms with E-state index in [2.05, 4.69) is 4.90 Å². The van der Waals surface area contributed by atoms with Gasteiger partial charge in [0.05, 0.1) is 4.90 Å². The maximum Gasteiger partial charge on any atom is 0.243 e. The smallest absolute Gasteiger partial charge is 0.243 e. The molecule has 2 heterocycles. The van der Waals surface area contributed by atoms with Crippen LogP contribution in [-0.2, 0) is 10.0 Å². The van der Waals surface area contributed by atoms with Crippen LogP contribution in [0.2, 0.25) is 0 Å². The summed E-state index contributed by atoms with van der Waals surface area (Å²) < 4.78 is 59.7. The Labute approximate surface area is 176 Å². The van der Waals surface area contributed by atoms with Crippen molar-refractivity contribution in [2.45, 2.75) is 42.7 Å². The zero-order chi connectivity index (χ0) is 21.1. The van der Waals surface area contributed by atoms with Gasteiger partial charge in [-0.3, -0.25) is 0 Å². The molecule has 30 heavy (non-hydrogen) atoms. The van der Waals surface area contributed by atoms with Crippen LogP contribution in [0, 0.1) is 11.6 Å². The molecule has 0 amide bonds. The maximum atomic E-state index is 13.8. The Hall–Kier alpha value is -2.03. The molecule has 2 saturated heterocycles. The molecule has 0 N–H and O–H groups in total. The highest BCUT2D eigenvalue weighted by molar-refractivity contribution is 7.89. The Kier molecular flexibility index (Phi) is 6.36. The first-order chi connectivity index (χ1) is 14.4. The first-order valence-electron chi connectivity index (χ1n) is 10.3. The molecule has 0 unspecified atom stereocenters.